The minimum atomic E-state index is -0.0991. The zero-order valence-corrected chi connectivity index (χ0v) is 19.1. The summed E-state index contributed by atoms with van der Waals surface area (Å²) < 4.78 is 5.47. The van der Waals surface area contributed by atoms with Crippen LogP contribution in [0.4, 0.5) is 16.2 Å². The molecule has 2 amide bonds. The van der Waals surface area contributed by atoms with Gasteiger partial charge in [-0.2, -0.15) is 0 Å². The Bertz CT molecular complexity index is 716. The summed E-state index contributed by atoms with van der Waals surface area (Å²) in [6, 6.07) is 8.89. The molecule has 0 spiro atoms. The van der Waals surface area contributed by atoms with Gasteiger partial charge in [0.25, 0.3) is 0 Å². The standard InChI is InChI=1S/C24H38N4O3/c1-4-10-24(2,3)22-19-27(23(30)25-11-16-29)12-5-13-28(22)21-8-6-20(7-9-21)26-14-17-31-18-15-26/h4,6-9,22,29H,1,5,10-19H2,2-3H3,(H,25,30). The second-order valence-electron chi connectivity index (χ2n) is 9.06. The maximum absolute atomic E-state index is 12.7. The highest BCUT2D eigenvalue weighted by atomic mass is 16.5. The molecular weight excluding hydrogens is 392 g/mol. The molecule has 1 aromatic rings. The first-order chi connectivity index (χ1) is 15.0. The number of aliphatic hydroxyl groups excluding tert-OH is 1. The first-order valence-electron chi connectivity index (χ1n) is 11.4. The molecule has 2 fully saturated rings. The third-order valence-corrected chi connectivity index (χ3v) is 6.40. The number of amides is 2. The first-order valence-corrected chi connectivity index (χ1v) is 11.4. The van der Waals surface area contributed by atoms with Crippen LogP contribution in [0.3, 0.4) is 0 Å². The van der Waals surface area contributed by atoms with Crippen LogP contribution in [-0.2, 0) is 4.74 Å². The maximum Gasteiger partial charge on any atom is 0.317 e. The van der Waals surface area contributed by atoms with Crippen molar-refractivity contribution in [1.82, 2.24) is 10.2 Å². The minimum absolute atomic E-state index is 0.0490. The van der Waals surface area contributed by atoms with Crippen LogP contribution in [0, 0.1) is 5.41 Å². The number of benzene rings is 1. The van der Waals surface area contributed by atoms with E-state index in [9.17, 15) is 4.79 Å². The van der Waals surface area contributed by atoms with E-state index in [0.717, 1.165) is 45.7 Å². The van der Waals surface area contributed by atoms with Crippen LogP contribution in [0.1, 0.15) is 26.7 Å². The van der Waals surface area contributed by atoms with Gasteiger partial charge >= 0.3 is 6.03 Å². The number of hydrogen-bond acceptors (Lipinski definition) is 5. The summed E-state index contributed by atoms with van der Waals surface area (Å²) in [5.74, 6) is 0. The van der Waals surface area contributed by atoms with Gasteiger partial charge in [0.1, 0.15) is 0 Å². The van der Waals surface area contributed by atoms with E-state index < -0.39 is 0 Å². The van der Waals surface area contributed by atoms with Crippen molar-refractivity contribution >= 4 is 17.4 Å². The van der Waals surface area contributed by atoms with Crippen molar-refractivity contribution in [2.75, 3.05) is 68.9 Å². The van der Waals surface area contributed by atoms with Crippen LogP contribution in [0.25, 0.3) is 0 Å². The lowest BCUT2D eigenvalue weighted by atomic mass is 9.79. The summed E-state index contributed by atoms with van der Waals surface area (Å²) in [5, 5.41) is 11.9. The molecule has 0 aliphatic carbocycles. The SMILES string of the molecule is C=CCC(C)(C)C1CN(C(=O)NCCO)CCCN1c1ccc(N2CCOCC2)cc1. The van der Waals surface area contributed by atoms with Gasteiger partial charge in [-0.1, -0.05) is 19.9 Å². The third-order valence-electron chi connectivity index (χ3n) is 6.40. The zero-order chi connectivity index (χ0) is 22.3. The second-order valence-corrected chi connectivity index (χ2v) is 9.06. The van der Waals surface area contributed by atoms with E-state index in [1.54, 1.807) is 0 Å². The molecular formula is C24H38N4O3. The normalized spacial score (nSPS) is 20.4. The van der Waals surface area contributed by atoms with Crippen molar-refractivity contribution in [3.8, 4) is 0 Å². The Kier molecular flexibility index (Phi) is 8.21. The van der Waals surface area contributed by atoms with Gasteiger partial charge in [0.05, 0.1) is 25.9 Å². The lowest BCUT2D eigenvalue weighted by molar-refractivity contribution is 0.122. The number of anilines is 2. The number of carbonyl (C=O) groups is 1. The number of carbonyl (C=O) groups excluding carboxylic acids is 1. The highest BCUT2D eigenvalue weighted by molar-refractivity contribution is 5.74. The molecule has 1 aromatic carbocycles. The number of aliphatic hydroxyl groups is 1. The predicted molar refractivity (Wildman–Crippen MR) is 126 cm³/mol. The van der Waals surface area contributed by atoms with E-state index in [1.165, 1.54) is 11.4 Å². The number of urea groups is 1. The number of allylic oxidation sites excluding steroid dienone is 1. The molecule has 0 aromatic heterocycles. The largest absolute Gasteiger partial charge is 0.395 e. The quantitative estimate of drug-likeness (QED) is 0.651. The molecule has 1 unspecified atom stereocenters. The highest BCUT2D eigenvalue weighted by Crippen LogP contribution is 2.35. The van der Waals surface area contributed by atoms with Gasteiger partial charge in [-0.05, 0) is 42.5 Å². The van der Waals surface area contributed by atoms with Crippen molar-refractivity contribution in [2.24, 2.45) is 5.41 Å². The summed E-state index contributed by atoms with van der Waals surface area (Å²) in [6.45, 7) is 14.4. The number of ether oxygens (including phenoxy) is 1. The molecule has 172 valence electrons. The predicted octanol–water partition coefficient (Wildman–Crippen LogP) is 2.71. The van der Waals surface area contributed by atoms with Crippen LogP contribution in [0.5, 0.6) is 0 Å². The molecule has 2 saturated heterocycles. The fourth-order valence-electron chi connectivity index (χ4n) is 4.61. The third kappa shape index (κ3) is 5.92. The highest BCUT2D eigenvalue weighted by Gasteiger charge is 2.37. The van der Waals surface area contributed by atoms with Gasteiger partial charge in [0, 0.05) is 50.6 Å². The minimum Gasteiger partial charge on any atom is -0.395 e. The average molecular weight is 431 g/mol. The molecule has 2 heterocycles. The Hall–Kier alpha value is -2.25. The summed E-state index contributed by atoms with van der Waals surface area (Å²) in [5.41, 5.74) is 2.37. The number of rotatable bonds is 7. The Morgan fingerprint density at radius 1 is 1.19 bits per heavy atom. The molecule has 0 radical (unpaired) electrons. The van der Waals surface area contributed by atoms with Gasteiger partial charge in [0.2, 0.25) is 0 Å². The van der Waals surface area contributed by atoms with E-state index >= 15 is 0 Å². The molecule has 7 heteroatoms. The van der Waals surface area contributed by atoms with Gasteiger partial charge in [-0.25, -0.2) is 4.79 Å². The number of nitrogens with one attached hydrogen (secondary N) is 1. The topological polar surface area (TPSA) is 68.3 Å². The van der Waals surface area contributed by atoms with E-state index in [2.05, 4.69) is 59.8 Å². The molecule has 0 saturated carbocycles. The molecule has 0 bridgehead atoms. The fraction of sp³-hybridized carbons (Fsp3) is 0.625. The number of hydrogen-bond donors (Lipinski definition) is 2. The lowest BCUT2D eigenvalue weighted by Gasteiger charge is -2.43. The molecule has 1 atom stereocenters. The molecule has 7 nitrogen and oxygen atoms in total. The van der Waals surface area contributed by atoms with E-state index in [0.29, 0.717) is 13.1 Å². The zero-order valence-electron chi connectivity index (χ0n) is 19.1. The molecule has 31 heavy (non-hydrogen) atoms. The Morgan fingerprint density at radius 2 is 1.87 bits per heavy atom. The van der Waals surface area contributed by atoms with Crippen molar-refractivity contribution in [3.63, 3.8) is 0 Å². The van der Waals surface area contributed by atoms with Crippen LogP contribution in [0.2, 0.25) is 0 Å². The summed E-state index contributed by atoms with van der Waals surface area (Å²) >= 11 is 0. The van der Waals surface area contributed by atoms with Crippen LogP contribution in [0.15, 0.2) is 36.9 Å². The van der Waals surface area contributed by atoms with Crippen LogP contribution < -0.4 is 15.1 Å². The molecule has 2 aliphatic rings. The summed E-state index contributed by atoms with van der Waals surface area (Å²) in [4.78, 5) is 19.4. The Balaban J connectivity index is 1.82. The molecule has 2 aliphatic heterocycles. The second kappa shape index (κ2) is 10.9. The van der Waals surface area contributed by atoms with Crippen LogP contribution >= 0.6 is 0 Å². The molecule has 2 N–H and O–H groups in total. The van der Waals surface area contributed by atoms with Gasteiger partial charge in [0.15, 0.2) is 0 Å². The van der Waals surface area contributed by atoms with Crippen molar-refractivity contribution in [2.45, 2.75) is 32.7 Å². The number of nitrogens with zero attached hydrogens (tertiary/aromatic N) is 3. The average Bonchev–Trinajstić information content (AvgIpc) is 3.02. The number of morpholine rings is 1. The van der Waals surface area contributed by atoms with Crippen LogP contribution in [-0.4, -0.2) is 81.2 Å². The Morgan fingerprint density at radius 3 is 2.52 bits per heavy atom. The van der Waals surface area contributed by atoms with Crippen molar-refractivity contribution < 1.29 is 14.6 Å². The smallest absolute Gasteiger partial charge is 0.317 e. The van der Waals surface area contributed by atoms with Crippen molar-refractivity contribution in [1.29, 1.82) is 0 Å². The Labute approximate surface area is 186 Å². The molecule has 3 rings (SSSR count). The first kappa shape index (κ1) is 23.4. The monoisotopic (exact) mass is 430 g/mol. The van der Waals surface area contributed by atoms with E-state index in [1.807, 2.05) is 11.0 Å². The van der Waals surface area contributed by atoms with Crippen molar-refractivity contribution in [3.05, 3.63) is 36.9 Å². The lowest BCUT2D eigenvalue weighted by Crippen LogP contribution is -2.52. The van der Waals surface area contributed by atoms with E-state index in [4.69, 9.17) is 9.84 Å². The fourth-order valence-corrected chi connectivity index (χ4v) is 4.61. The summed E-state index contributed by atoms with van der Waals surface area (Å²) in [7, 11) is 0. The van der Waals surface area contributed by atoms with Gasteiger partial charge in [-0.15, -0.1) is 6.58 Å². The maximum atomic E-state index is 12.7. The summed E-state index contributed by atoms with van der Waals surface area (Å²) in [6.07, 6.45) is 3.74. The van der Waals surface area contributed by atoms with Gasteiger partial charge in [-0.3, -0.25) is 0 Å². The van der Waals surface area contributed by atoms with Gasteiger partial charge < -0.3 is 29.9 Å². The van der Waals surface area contributed by atoms with E-state index in [-0.39, 0.29) is 30.6 Å².